The molecule has 6 heteroatoms. The predicted molar refractivity (Wildman–Crippen MR) is 61.2 cm³/mol. The number of carbonyl (C=O) groups excluding carboxylic acids is 1. The topological polar surface area (TPSA) is 75.6 Å². The summed E-state index contributed by atoms with van der Waals surface area (Å²) in [6.07, 6.45) is 0.820. The lowest BCUT2D eigenvalue weighted by Crippen LogP contribution is -2.12. The summed E-state index contributed by atoms with van der Waals surface area (Å²) in [7, 11) is 0. The van der Waals surface area contributed by atoms with E-state index in [1.807, 2.05) is 0 Å². The molecule has 0 aliphatic carbocycles. The molecule has 86 valence electrons. The van der Waals surface area contributed by atoms with Crippen molar-refractivity contribution in [1.29, 1.82) is 0 Å². The molecule has 0 spiro atoms. The molecule has 0 atom stereocenters. The van der Waals surface area contributed by atoms with Crippen molar-refractivity contribution in [3.05, 3.63) is 29.2 Å². The fraction of sp³-hybridized carbons (Fsp3) is 0.200. The van der Waals surface area contributed by atoms with Gasteiger partial charge in [-0.1, -0.05) is 12.7 Å². The molecule has 1 heterocycles. The molecule has 2 N–H and O–H groups in total. The SMILES string of the molecule is C=CCOC(=O)Nc1cc(C)c(C(=O)O)s1. The van der Waals surface area contributed by atoms with Crippen molar-refractivity contribution in [2.45, 2.75) is 6.92 Å². The Balaban J connectivity index is 2.68. The molecule has 0 aromatic carbocycles. The number of carboxylic acid groups (broad SMARTS) is 1. The summed E-state index contributed by atoms with van der Waals surface area (Å²) in [6, 6.07) is 1.59. The molecule has 5 nitrogen and oxygen atoms in total. The Morgan fingerprint density at radius 3 is 2.88 bits per heavy atom. The first-order valence-corrected chi connectivity index (χ1v) is 5.24. The molecular formula is C10H11NO4S. The highest BCUT2D eigenvalue weighted by atomic mass is 32.1. The number of rotatable bonds is 4. The van der Waals surface area contributed by atoms with Gasteiger partial charge in [-0.3, -0.25) is 5.32 Å². The van der Waals surface area contributed by atoms with E-state index in [2.05, 4.69) is 11.9 Å². The predicted octanol–water partition coefficient (Wildman–Crippen LogP) is 2.49. The highest BCUT2D eigenvalue weighted by Crippen LogP contribution is 2.26. The molecule has 1 aromatic heterocycles. The number of aryl methyl sites for hydroxylation is 1. The van der Waals surface area contributed by atoms with Crippen molar-refractivity contribution in [3.8, 4) is 0 Å². The molecular weight excluding hydrogens is 230 g/mol. The van der Waals surface area contributed by atoms with Crippen molar-refractivity contribution < 1.29 is 19.4 Å². The first-order chi connectivity index (χ1) is 7.54. The van der Waals surface area contributed by atoms with Gasteiger partial charge >= 0.3 is 12.1 Å². The lowest BCUT2D eigenvalue weighted by Gasteiger charge is -2.01. The molecule has 0 unspecified atom stereocenters. The summed E-state index contributed by atoms with van der Waals surface area (Å²) >= 11 is 0.992. The molecule has 0 aliphatic heterocycles. The lowest BCUT2D eigenvalue weighted by molar-refractivity contribution is 0.0701. The Kier molecular flexibility index (Phi) is 4.07. The Morgan fingerprint density at radius 1 is 1.69 bits per heavy atom. The van der Waals surface area contributed by atoms with E-state index in [0.717, 1.165) is 11.3 Å². The lowest BCUT2D eigenvalue weighted by atomic mass is 10.3. The number of aromatic carboxylic acids is 1. The maximum Gasteiger partial charge on any atom is 0.412 e. The van der Waals surface area contributed by atoms with Gasteiger partial charge in [0.25, 0.3) is 0 Å². The molecule has 1 amide bonds. The highest BCUT2D eigenvalue weighted by Gasteiger charge is 2.13. The second-order valence-corrected chi connectivity index (χ2v) is 3.99. The van der Waals surface area contributed by atoms with Crippen LogP contribution in [0.2, 0.25) is 0 Å². The van der Waals surface area contributed by atoms with Gasteiger partial charge in [0.15, 0.2) is 0 Å². The molecule has 1 rings (SSSR count). The molecule has 0 aliphatic rings. The number of carboxylic acids is 1. The van der Waals surface area contributed by atoms with Crippen LogP contribution in [0.4, 0.5) is 9.80 Å². The number of carbonyl (C=O) groups is 2. The number of hydrogen-bond acceptors (Lipinski definition) is 4. The second kappa shape index (κ2) is 5.32. The first-order valence-electron chi connectivity index (χ1n) is 4.43. The molecule has 0 radical (unpaired) electrons. The van der Waals surface area contributed by atoms with Gasteiger partial charge < -0.3 is 9.84 Å². The van der Waals surface area contributed by atoms with Gasteiger partial charge in [0.2, 0.25) is 0 Å². The van der Waals surface area contributed by atoms with Crippen LogP contribution in [0.25, 0.3) is 0 Å². The molecule has 16 heavy (non-hydrogen) atoms. The van der Waals surface area contributed by atoms with E-state index in [1.165, 1.54) is 6.08 Å². The maximum atomic E-state index is 11.1. The van der Waals surface area contributed by atoms with Crippen molar-refractivity contribution in [3.63, 3.8) is 0 Å². The Hall–Kier alpha value is -1.82. The van der Waals surface area contributed by atoms with E-state index >= 15 is 0 Å². The minimum Gasteiger partial charge on any atom is -0.477 e. The summed E-state index contributed by atoms with van der Waals surface area (Å²) in [5.74, 6) is -1.00. The van der Waals surface area contributed by atoms with Crippen molar-refractivity contribution >= 4 is 28.4 Å². The van der Waals surface area contributed by atoms with Gasteiger partial charge in [0, 0.05) is 0 Å². The van der Waals surface area contributed by atoms with Crippen LogP contribution in [0.15, 0.2) is 18.7 Å². The largest absolute Gasteiger partial charge is 0.477 e. The van der Waals surface area contributed by atoms with Crippen LogP contribution in [-0.2, 0) is 4.74 Å². The zero-order valence-corrected chi connectivity index (χ0v) is 9.47. The fourth-order valence-corrected chi connectivity index (χ4v) is 1.92. The first kappa shape index (κ1) is 12.3. The summed E-state index contributed by atoms with van der Waals surface area (Å²) in [6.45, 7) is 5.18. The summed E-state index contributed by atoms with van der Waals surface area (Å²) in [4.78, 5) is 22.1. The van der Waals surface area contributed by atoms with Crippen molar-refractivity contribution in [2.24, 2.45) is 0 Å². The van der Waals surface area contributed by atoms with E-state index in [9.17, 15) is 9.59 Å². The average Bonchev–Trinajstić information content (AvgIpc) is 2.56. The number of hydrogen-bond donors (Lipinski definition) is 2. The van der Waals surface area contributed by atoms with Crippen LogP contribution < -0.4 is 5.32 Å². The van der Waals surface area contributed by atoms with Crippen LogP contribution in [0.1, 0.15) is 15.2 Å². The Bertz CT molecular complexity index is 424. The van der Waals surface area contributed by atoms with E-state index in [0.29, 0.717) is 10.6 Å². The zero-order valence-electron chi connectivity index (χ0n) is 8.65. The van der Waals surface area contributed by atoms with Crippen LogP contribution in [0, 0.1) is 6.92 Å². The smallest absolute Gasteiger partial charge is 0.412 e. The molecule has 0 saturated carbocycles. The quantitative estimate of drug-likeness (QED) is 0.794. The van der Waals surface area contributed by atoms with Gasteiger partial charge in [-0.05, 0) is 18.6 Å². The standard InChI is InChI=1S/C10H11NO4S/c1-3-4-15-10(14)11-7-5-6(2)8(16-7)9(12)13/h3,5H,1,4H2,2H3,(H,11,14)(H,12,13). The zero-order chi connectivity index (χ0) is 12.1. The molecule has 0 fully saturated rings. The summed E-state index contributed by atoms with van der Waals surface area (Å²) in [5.41, 5.74) is 0.608. The van der Waals surface area contributed by atoms with E-state index in [-0.39, 0.29) is 11.5 Å². The molecule has 0 bridgehead atoms. The van der Waals surface area contributed by atoms with Crippen LogP contribution >= 0.6 is 11.3 Å². The fourth-order valence-electron chi connectivity index (χ4n) is 1.03. The highest BCUT2D eigenvalue weighted by molar-refractivity contribution is 7.18. The normalized spacial score (nSPS) is 9.56. The number of amides is 1. The third kappa shape index (κ3) is 3.09. The number of thiophene rings is 1. The summed E-state index contributed by atoms with van der Waals surface area (Å²) < 4.78 is 4.70. The monoisotopic (exact) mass is 241 g/mol. The van der Waals surface area contributed by atoms with E-state index in [4.69, 9.17) is 9.84 Å². The molecule has 0 saturated heterocycles. The molecule has 1 aromatic rings. The third-order valence-electron chi connectivity index (χ3n) is 1.67. The van der Waals surface area contributed by atoms with Gasteiger partial charge in [-0.15, -0.1) is 11.3 Å². The van der Waals surface area contributed by atoms with Gasteiger partial charge in [0.1, 0.15) is 11.5 Å². The van der Waals surface area contributed by atoms with Gasteiger partial charge in [0.05, 0.1) is 5.00 Å². The number of ether oxygens (including phenoxy) is 1. The average molecular weight is 241 g/mol. The number of nitrogens with one attached hydrogen (secondary N) is 1. The number of anilines is 1. The minimum absolute atomic E-state index is 0.113. The van der Waals surface area contributed by atoms with Crippen LogP contribution in [0.3, 0.4) is 0 Å². The second-order valence-electron chi connectivity index (χ2n) is 2.94. The summed E-state index contributed by atoms with van der Waals surface area (Å²) in [5, 5.41) is 11.7. The van der Waals surface area contributed by atoms with Crippen molar-refractivity contribution in [1.82, 2.24) is 0 Å². The Labute approximate surface area is 96.4 Å². The Morgan fingerprint density at radius 2 is 2.38 bits per heavy atom. The van der Waals surface area contributed by atoms with Crippen LogP contribution in [-0.4, -0.2) is 23.8 Å². The minimum atomic E-state index is -1.00. The van der Waals surface area contributed by atoms with E-state index < -0.39 is 12.1 Å². The third-order valence-corrected chi connectivity index (χ3v) is 2.81. The maximum absolute atomic E-state index is 11.1. The van der Waals surface area contributed by atoms with E-state index in [1.54, 1.807) is 13.0 Å². The van der Waals surface area contributed by atoms with Crippen LogP contribution in [0.5, 0.6) is 0 Å². The van der Waals surface area contributed by atoms with Gasteiger partial charge in [-0.2, -0.15) is 0 Å². The van der Waals surface area contributed by atoms with Crippen molar-refractivity contribution in [2.75, 3.05) is 11.9 Å². The van der Waals surface area contributed by atoms with Gasteiger partial charge in [-0.25, -0.2) is 9.59 Å².